The number of hydrogen-bond acceptors (Lipinski definition) is 3. The topological polar surface area (TPSA) is 35.5 Å². The average molecular weight is 290 g/mol. The third-order valence-electron chi connectivity index (χ3n) is 4.22. The summed E-state index contributed by atoms with van der Waals surface area (Å²) in [5.74, 6) is 1.02. The second-order valence-corrected chi connectivity index (χ2v) is 5.95. The second-order valence-electron chi connectivity index (χ2n) is 5.95. The SMILES string of the molecule is CCC(C)Oc1cccc(C2CCCCC2OC(C)=O)c1. The smallest absolute Gasteiger partial charge is 0.302 e. The van der Waals surface area contributed by atoms with Crippen LogP contribution in [0.3, 0.4) is 0 Å². The number of esters is 1. The Labute approximate surface area is 127 Å². The first-order valence-electron chi connectivity index (χ1n) is 8.04. The summed E-state index contributed by atoms with van der Waals surface area (Å²) in [7, 11) is 0. The van der Waals surface area contributed by atoms with Crippen molar-refractivity contribution in [2.45, 2.75) is 71.0 Å². The fourth-order valence-corrected chi connectivity index (χ4v) is 2.97. The minimum atomic E-state index is -0.182. The van der Waals surface area contributed by atoms with Crippen LogP contribution in [0.4, 0.5) is 0 Å². The molecule has 0 bridgehead atoms. The quantitative estimate of drug-likeness (QED) is 0.751. The molecular formula is C18H26O3. The van der Waals surface area contributed by atoms with Gasteiger partial charge in [0.25, 0.3) is 0 Å². The number of carbonyl (C=O) groups is 1. The lowest BCUT2D eigenvalue weighted by molar-refractivity contribution is -0.148. The van der Waals surface area contributed by atoms with Gasteiger partial charge in [-0.15, -0.1) is 0 Å². The van der Waals surface area contributed by atoms with Crippen molar-refractivity contribution < 1.29 is 14.3 Å². The summed E-state index contributed by atoms with van der Waals surface area (Å²) in [5.41, 5.74) is 1.22. The zero-order valence-corrected chi connectivity index (χ0v) is 13.3. The highest BCUT2D eigenvalue weighted by atomic mass is 16.5. The molecule has 0 heterocycles. The van der Waals surface area contributed by atoms with Crippen LogP contribution in [0, 0.1) is 0 Å². The molecule has 21 heavy (non-hydrogen) atoms. The maximum Gasteiger partial charge on any atom is 0.302 e. The van der Waals surface area contributed by atoms with Crippen LogP contribution in [-0.2, 0) is 9.53 Å². The van der Waals surface area contributed by atoms with Crippen molar-refractivity contribution in [3.05, 3.63) is 29.8 Å². The number of carbonyl (C=O) groups excluding carboxylic acids is 1. The van der Waals surface area contributed by atoms with Gasteiger partial charge in [-0.1, -0.05) is 25.5 Å². The zero-order chi connectivity index (χ0) is 15.2. The van der Waals surface area contributed by atoms with E-state index in [4.69, 9.17) is 9.47 Å². The first-order valence-corrected chi connectivity index (χ1v) is 8.04. The minimum absolute atomic E-state index is 0.00935. The molecule has 0 amide bonds. The molecular weight excluding hydrogens is 264 g/mol. The predicted octanol–water partition coefficient (Wildman–Crippen LogP) is 4.45. The van der Waals surface area contributed by atoms with Gasteiger partial charge in [0.2, 0.25) is 0 Å². The molecule has 3 nitrogen and oxygen atoms in total. The molecule has 3 atom stereocenters. The standard InChI is InChI=1S/C18H26O3/c1-4-13(2)20-16-9-7-8-15(12-16)17-10-5-6-11-18(17)21-14(3)19/h7-9,12-13,17-18H,4-6,10-11H2,1-3H3. The predicted molar refractivity (Wildman–Crippen MR) is 83.6 cm³/mol. The first kappa shape index (κ1) is 15.9. The molecule has 3 heteroatoms. The normalized spacial score (nSPS) is 23.4. The monoisotopic (exact) mass is 290 g/mol. The second kappa shape index (κ2) is 7.48. The van der Waals surface area contributed by atoms with Crippen LogP contribution in [0.25, 0.3) is 0 Å². The van der Waals surface area contributed by atoms with Gasteiger partial charge in [0.15, 0.2) is 0 Å². The molecule has 1 saturated carbocycles. The van der Waals surface area contributed by atoms with Crippen molar-refractivity contribution >= 4 is 5.97 Å². The molecule has 0 aromatic heterocycles. The first-order chi connectivity index (χ1) is 10.1. The lowest BCUT2D eigenvalue weighted by atomic mass is 9.81. The molecule has 0 radical (unpaired) electrons. The van der Waals surface area contributed by atoms with E-state index >= 15 is 0 Å². The third-order valence-corrected chi connectivity index (χ3v) is 4.22. The lowest BCUT2D eigenvalue weighted by Gasteiger charge is -2.31. The van der Waals surface area contributed by atoms with E-state index in [-0.39, 0.29) is 18.2 Å². The van der Waals surface area contributed by atoms with E-state index in [0.29, 0.717) is 5.92 Å². The van der Waals surface area contributed by atoms with Crippen molar-refractivity contribution in [1.29, 1.82) is 0 Å². The molecule has 0 aliphatic heterocycles. The van der Waals surface area contributed by atoms with E-state index in [1.54, 1.807) is 0 Å². The molecule has 1 aliphatic rings. The molecule has 0 N–H and O–H groups in total. The molecule has 2 rings (SSSR count). The molecule has 1 aromatic carbocycles. The van der Waals surface area contributed by atoms with Crippen LogP contribution in [0.2, 0.25) is 0 Å². The van der Waals surface area contributed by atoms with Gasteiger partial charge in [-0.3, -0.25) is 4.79 Å². The van der Waals surface area contributed by atoms with E-state index in [1.165, 1.54) is 18.9 Å². The maximum atomic E-state index is 11.3. The molecule has 1 aliphatic carbocycles. The Hall–Kier alpha value is -1.51. The van der Waals surface area contributed by atoms with Gasteiger partial charge in [0.1, 0.15) is 11.9 Å². The number of rotatable bonds is 5. The summed E-state index contributed by atoms with van der Waals surface area (Å²) in [4.78, 5) is 11.3. The molecule has 116 valence electrons. The van der Waals surface area contributed by atoms with Gasteiger partial charge in [-0.05, 0) is 50.3 Å². The summed E-state index contributed by atoms with van der Waals surface area (Å²) < 4.78 is 11.4. The van der Waals surface area contributed by atoms with Crippen LogP contribution in [0.5, 0.6) is 5.75 Å². The minimum Gasteiger partial charge on any atom is -0.491 e. The maximum absolute atomic E-state index is 11.3. The van der Waals surface area contributed by atoms with Gasteiger partial charge in [-0.25, -0.2) is 0 Å². The van der Waals surface area contributed by atoms with Crippen LogP contribution < -0.4 is 4.74 Å². The zero-order valence-electron chi connectivity index (χ0n) is 13.3. The van der Waals surface area contributed by atoms with E-state index in [0.717, 1.165) is 31.4 Å². The van der Waals surface area contributed by atoms with Crippen molar-refractivity contribution in [1.82, 2.24) is 0 Å². The Morgan fingerprint density at radius 2 is 2.10 bits per heavy atom. The molecule has 1 fully saturated rings. The highest BCUT2D eigenvalue weighted by Crippen LogP contribution is 2.36. The van der Waals surface area contributed by atoms with E-state index in [2.05, 4.69) is 26.0 Å². The Morgan fingerprint density at radius 1 is 1.33 bits per heavy atom. The van der Waals surface area contributed by atoms with Gasteiger partial charge in [-0.2, -0.15) is 0 Å². The molecule has 0 spiro atoms. The van der Waals surface area contributed by atoms with Gasteiger partial charge < -0.3 is 9.47 Å². The highest BCUT2D eigenvalue weighted by molar-refractivity contribution is 5.66. The molecule has 1 aromatic rings. The van der Waals surface area contributed by atoms with Gasteiger partial charge in [0, 0.05) is 12.8 Å². The number of benzene rings is 1. The Balaban J connectivity index is 2.14. The summed E-state index contributed by atoms with van der Waals surface area (Å²) in [6, 6.07) is 8.26. The van der Waals surface area contributed by atoms with E-state index in [1.807, 2.05) is 12.1 Å². The van der Waals surface area contributed by atoms with Gasteiger partial charge in [0.05, 0.1) is 6.10 Å². The largest absolute Gasteiger partial charge is 0.491 e. The van der Waals surface area contributed by atoms with E-state index in [9.17, 15) is 4.79 Å². The number of ether oxygens (including phenoxy) is 2. The van der Waals surface area contributed by atoms with Crippen molar-refractivity contribution in [2.24, 2.45) is 0 Å². The van der Waals surface area contributed by atoms with Crippen LogP contribution in [0.1, 0.15) is 64.4 Å². The Morgan fingerprint density at radius 3 is 2.81 bits per heavy atom. The van der Waals surface area contributed by atoms with Crippen molar-refractivity contribution in [3.8, 4) is 5.75 Å². The fourth-order valence-electron chi connectivity index (χ4n) is 2.97. The van der Waals surface area contributed by atoms with Crippen molar-refractivity contribution in [3.63, 3.8) is 0 Å². The fraction of sp³-hybridized carbons (Fsp3) is 0.611. The molecule has 3 unspecified atom stereocenters. The third kappa shape index (κ3) is 4.48. The van der Waals surface area contributed by atoms with Crippen LogP contribution >= 0.6 is 0 Å². The average Bonchev–Trinajstić information content (AvgIpc) is 2.47. The Bertz CT molecular complexity index is 469. The highest BCUT2D eigenvalue weighted by Gasteiger charge is 2.29. The van der Waals surface area contributed by atoms with Crippen molar-refractivity contribution in [2.75, 3.05) is 0 Å². The summed E-state index contributed by atoms with van der Waals surface area (Å²) in [5, 5.41) is 0. The van der Waals surface area contributed by atoms with Crippen LogP contribution in [-0.4, -0.2) is 18.2 Å². The number of hydrogen-bond donors (Lipinski definition) is 0. The van der Waals surface area contributed by atoms with Crippen LogP contribution in [0.15, 0.2) is 24.3 Å². The summed E-state index contributed by atoms with van der Waals surface area (Å²) >= 11 is 0. The van der Waals surface area contributed by atoms with E-state index < -0.39 is 0 Å². The Kier molecular flexibility index (Phi) is 5.66. The molecule has 0 saturated heterocycles. The summed E-state index contributed by atoms with van der Waals surface area (Å²) in [6.45, 7) is 5.69. The summed E-state index contributed by atoms with van der Waals surface area (Å²) in [6.07, 6.45) is 5.58. The lowest BCUT2D eigenvalue weighted by Crippen LogP contribution is -2.27. The van der Waals surface area contributed by atoms with Gasteiger partial charge >= 0.3 is 5.97 Å².